The van der Waals surface area contributed by atoms with Gasteiger partial charge in [-0.2, -0.15) is 0 Å². The fourth-order valence-corrected chi connectivity index (χ4v) is 1.33. The van der Waals surface area contributed by atoms with Gasteiger partial charge in [0.25, 0.3) is 0 Å². The van der Waals surface area contributed by atoms with Crippen molar-refractivity contribution in [1.29, 1.82) is 0 Å². The van der Waals surface area contributed by atoms with Gasteiger partial charge >= 0.3 is 0 Å². The highest BCUT2D eigenvalue weighted by Gasteiger charge is 2.06. The molecule has 0 spiro atoms. The Hall–Kier alpha value is -1.24. The lowest BCUT2D eigenvalue weighted by Crippen LogP contribution is -2.07. The first kappa shape index (κ1) is 6.47. The van der Waals surface area contributed by atoms with Crippen LogP contribution in [0.2, 0.25) is 0 Å². The molecule has 1 aromatic carbocycles. The largest absolute Gasteiger partial charge is 0.402 e. The predicted molar refractivity (Wildman–Crippen MR) is 45.8 cm³/mol. The first-order valence-electron chi connectivity index (χ1n) is 3.73. The number of hydrogen-bond donors (Lipinski definition) is 1. The second-order valence-electron chi connectivity index (χ2n) is 2.78. The van der Waals surface area contributed by atoms with Gasteiger partial charge in [-0.15, -0.1) is 0 Å². The van der Waals surface area contributed by atoms with Crippen molar-refractivity contribution in [1.82, 2.24) is 0 Å². The van der Waals surface area contributed by atoms with E-state index in [1.165, 1.54) is 11.1 Å². The monoisotopic (exact) mass is 144 g/mol. The van der Waals surface area contributed by atoms with E-state index < -0.39 is 0 Å². The first-order chi connectivity index (χ1) is 5.36. The molecule has 0 aliphatic heterocycles. The topological polar surface area (TPSA) is 26.0 Å². The lowest BCUT2D eigenvalue weighted by atomic mass is 9.95. The molecule has 0 amide bonds. The van der Waals surface area contributed by atoms with E-state index >= 15 is 0 Å². The van der Waals surface area contributed by atoms with Crippen LogP contribution >= 0.6 is 0 Å². The molecule has 1 aliphatic rings. The molecular formula is C10H10N. The minimum Gasteiger partial charge on any atom is -0.402 e. The molecule has 0 aromatic heterocycles. The standard InChI is InChI=1S/C10H10N/c11-10-6-5-8-3-1-2-4-9(8)7-10/h1-6H,7,11H2. The van der Waals surface area contributed by atoms with Crippen LogP contribution in [0.3, 0.4) is 0 Å². The molecule has 1 aromatic rings. The molecule has 11 heavy (non-hydrogen) atoms. The Morgan fingerprint density at radius 2 is 2.00 bits per heavy atom. The van der Waals surface area contributed by atoms with Crippen LogP contribution in [-0.2, 0) is 6.42 Å². The lowest BCUT2D eigenvalue weighted by molar-refractivity contribution is 1.06. The predicted octanol–water partition coefficient (Wildman–Crippen LogP) is 1.64. The van der Waals surface area contributed by atoms with Crippen molar-refractivity contribution in [2.75, 3.05) is 0 Å². The fourth-order valence-electron chi connectivity index (χ4n) is 1.33. The van der Waals surface area contributed by atoms with Crippen LogP contribution in [0.4, 0.5) is 0 Å². The van der Waals surface area contributed by atoms with Gasteiger partial charge in [-0.25, -0.2) is 0 Å². The number of allylic oxidation sites excluding steroid dienone is 2. The molecule has 0 bridgehead atoms. The zero-order valence-corrected chi connectivity index (χ0v) is 6.25. The third kappa shape index (κ3) is 1.14. The fraction of sp³-hybridized carbons (Fsp3) is 0.100. The van der Waals surface area contributed by atoms with Crippen molar-refractivity contribution in [3.8, 4) is 0 Å². The van der Waals surface area contributed by atoms with E-state index in [1.54, 1.807) is 0 Å². The summed E-state index contributed by atoms with van der Waals surface area (Å²) in [6, 6.07) is 8.32. The summed E-state index contributed by atoms with van der Waals surface area (Å²) in [6.45, 7) is 0. The maximum atomic E-state index is 5.68. The quantitative estimate of drug-likeness (QED) is 0.588. The third-order valence-electron chi connectivity index (χ3n) is 1.93. The van der Waals surface area contributed by atoms with Crippen LogP contribution in [0.15, 0.2) is 36.0 Å². The molecule has 1 heteroatoms. The molecule has 1 radical (unpaired) electrons. The van der Waals surface area contributed by atoms with Gasteiger partial charge < -0.3 is 5.73 Å². The Kier molecular flexibility index (Phi) is 1.42. The van der Waals surface area contributed by atoms with Crippen LogP contribution in [0.1, 0.15) is 11.1 Å². The highest BCUT2D eigenvalue weighted by atomic mass is 14.6. The summed E-state index contributed by atoms with van der Waals surface area (Å²) < 4.78 is 0. The molecule has 0 fully saturated rings. The molecule has 0 saturated heterocycles. The van der Waals surface area contributed by atoms with E-state index in [0.717, 1.165) is 12.1 Å². The summed E-state index contributed by atoms with van der Waals surface area (Å²) in [4.78, 5) is 0. The average molecular weight is 144 g/mol. The summed E-state index contributed by atoms with van der Waals surface area (Å²) >= 11 is 0. The summed E-state index contributed by atoms with van der Waals surface area (Å²) in [7, 11) is 0. The molecule has 0 saturated carbocycles. The number of fused-ring (bicyclic) bond motifs is 1. The van der Waals surface area contributed by atoms with Crippen molar-refractivity contribution >= 4 is 0 Å². The van der Waals surface area contributed by atoms with Crippen molar-refractivity contribution < 1.29 is 0 Å². The van der Waals surface area contributed by atoms with Crippen LogP contribution in [-0.4, -0.2) is 0 Å². The molecule has 55 valence electrons. The van der Waals surface area contributed by atoms with E-state index in [1.807, 2.05) is 18.2 Å². The van der Waals surface area contributed by atoms with Gasteiger partial charge in [0.1, 0.15) is 0 Å². The Labute approximate surface area is 66.5 Å². The van der Waals surface area contributed by atoms with Gasteiger partial charge in [-0.1, -0.05) is 30.3 Å². The first-order valence-corrected chi connectivity index (χ1v) is 3.73. The Balaban J connectivity index is 2.42. The lowest BCUT2D eigenvalue weighted by Gasteiger charge is -2.12. The number of hydrogen-bond acceptors (Lipinski definition) is 1. The van der Waals surface area contributed by atoms with Crippen LogP contribution in [0.25, 0.3) is 0 Å². The minimum atomic E-state index is 0.896. The maximum absolute atomic E-state index is 5.68. The van der Waals surface area contributed by atoms with Crippen LogP contribution < -0.4 is 5.73 Å². The van der Waals surface area contributed by atoms with Crippen LogP contribution in [0.5, 0.6) is 0 Å². The zero-order chi connectivity index (χ0) is 7.68. The number of rotatable bonds is 0. The van der Waals surface area contributed by atoms with Crippen molar-refractivity contribution in [2.24, 2.45) is 5.73 Å². The van der Waals surface area contributed by atoms with E-state index in [9.17, 15) is 0 Å². The smallest absolute Gasteiger partial charge is 0.0145 e. The highest BCUT2D eigenvalue weighted by molar-refractivity contribution is 5.42. The highest BCUT2D eigenvalue weighted by Crippen LogP contribution is 2.19. The summed E-state index contributed by atoms with van der Waals surface area (Å²) in [6.07, 6.45) is 4.93. The maximum Gasteiger partial charge on any atom is 0.0145 e. The third-order valence-corrected chi connectivity index (χ3v) is 1.93. The summed E-state index contributed by atoms with van der Waals surface area (Å²) in [5, 5.41) is 0. The van der Waals surface area contributed by atoms with E-state index in [2.05, 4.69) is 18.6 Å². The van der Waals surface area contributed by atoms with E-state index in [-0.39, 0.29) is 0 Å². The average Bonchev–Trinajstić information content (AvgIpc) is 2.04. The van der Waals surface area contributed by atoms with Gasteiger partial charge in [0.05, 0.1) is 0 Å². The molecule has 1 nitrogen and oxygen atoms in total. The normalized spacial score (nSPS) is 15.5. The second kappa shape index (κ2) is 2.42. The summed E-state index contributed by atoms with van der Waals surface area (Å²) in [5.41, 5.74) is 9.25. The molecule has 0 atom stereocenters. The zero-order valence-electron chi connectivity index (χ0n) is 6.25. The van der Waals surface area contributed by atoms with Gasteiger partial charge in [0.15, 0.2) is 0 Å². The van der Waals surface area contributed by atoms with Crippen molar-refractivity contribution in [3.05, 3.63) is 53.6 Å². The van der Waals surface area contributed by atoms with E-state index in [0.29, 0.717) is 0 Å². The van der Waals surface area contributed by atoms with Crippen molar-refractivity contribution in [3.63, 3.8) is 0 Å². The van der Waals surface area contributed by atoms with Gasteiger partial charge in [-0.3, -0.25) is 0 Å². The molecule has 2 rings (SSSR count). The molecule has 1 aliphatic carbocycles. The molecule has 0 unspecified atom stereocenters. The molecule has 2 N–H and O–H groups in total. The van der Waals surface area contributed by atoms with Gasteiger partial charge in [0.2, 0.25) is 0 Å². The molecular weight excluding hydrogens is 134 g/mol. The molecule has 0 heterocycles. The summed E-state index contributed by atoms with van der Waals surface area (Å²) in [5.74, 6) is 0. The Morgan fingerprint density at radius 1 is 1.18 bits per heavy atom. The Morgan fingerprint density at radius 3 is 2.91 bits per heavy atom. The van der Waals surface area contributed by atoms with Gasteiger partial charge in [-0.05, 0) is 11.1 Å². The number of benzene rings is 1. The second-order valence-corrected chi connectivity index (χ2v) is 2.78. The van der Waals surface area contributed by atoms with Crippen LogP contribution in [0, 0.1) is 6.42 Å². The van der Waals surface area contributed by atoms with Crippen molar-refractivity contribution in [2.45, 2.75) is 6.42 Å². The number of nitrogens with two attached hydrogens (primary N) is 1. The Bertz CT molecular complexity index is 299. The minimum absolute atomic E-state index is 0.896. The van der Waals surface area contributed by atoms with E-state index in [4.69, 9.17) is 5.73 Å². The van der Waals surface area contributed by atoms with Gasteiger partial charge in [0, 0.05) is 18.5 Å². The SMILES string of the molecule is NC1=C[CH]c2ccccc2C1.